The average molecular weight is 395 g/mol. The number of hydrogen-bond acceptors (Lipinski definition) is 6. The van der Waals surface area contributed by atoms with Crippen LogP contribution in [0.5, 0.6) is 0 Å². The van der Waals surface area contributed by atoms with E-state index in [9.17, 15) is 23.2 Å². The van der Waals surface area contributed by atoms with Crippen molar-refractivity contribution in [2.45, 2.75) is 4.90 Å². The molecule has 0 saturated heterocycles. The maximum atomic E-state index is 13.4. The molecule has 142 valence electrons. The summed E-state index contributed by atoms with van der Waals surface area (Å²) < 4.78 is 35.8. The number of halogens is 2. The number of nitrogens with one attached hydrogen (secondary N) is 1. The van der Waals surface area contributed by atoms with Crippen molar-refractivity contribution < 1.29 is 32.6 Å². The predicted octanol–water partition coefficient (Wildman–Crippen LogP) is 3.03. The van der Waals surface area contributed by atoms with Crippen molar-refractivity contribution in [3.63, 3.8) is 0 Å². The second kappa shape index (κ2) is 9.67. The SMILES string of the molecule is COC(=O)c1ccc(NC(=O)COC(=O)CSc2cc(F)ccc2F)cc1. The zero-order chi connectivity index (χ0) is 19.8. The molecule has 0 bridgehead atoms. The highest BCUT2D eigenvalue weighted by atomic mass is 32.2. The van der Waals surface area contributed by atoms with Gasteiger partial charge in [0.25, 0.3) is 5.91 Å². The van der Waals surface area contributed by atoms with E-state index in [-0.39, 0.29) is 10.6 Å². The molecule has 1 N–H and O–H groups in total. The highest BCUT2D eigenvalue weighted by Gasteiger charge is 2.12. The van der Waals surface area contributed by atoms with E-state index in [2.05, 4.69) is 10.1 Å². The van der Waals surface area contributed by atoms with E-state index in [0.717, 1.165) is 30.0 Å². The van der Waals surface area contributed by atoms with Crippen LogP contribution in [-0.2, 0) is 19.1 Å². The summed E-state index contributed by atoms with van der Waals surface area (Å²) in [5.74, 6) is -3.39. The fourth-order valence-corrected chi connectivity index (χ4v) is 2.68. The Morgan fingerprint density at radius 1 is 1.07 bits per heavy atom. The third-order valence-electron chi connectivity index (χ3n) is 3.19. The van der Waals surface area contributed by atoms with E-state index in [1.165, 1.54) is 31.4 Å². The Balaban J connectivity index is 1.77. The molecule has 0 aromatic heterocycles. The second-order valence-corrected chi connectivity index (χ2v) is 6.16. The smallest absolute Gasteiger partial charge is 0.337 e. The van der Waals surface area contributed by atoms with Crippen LogP contribution < -0.4 is 5.32 Å². The number of benzene rings is 2. The zero-order valence-electron chi connectivity index (χ0n) is 14.2. The molecule has 9 heteroatoms. The average Bonchev–Trinajstić information content (AvgIpc) is 2.67. The highest BCUT2D eigenvalue weighted by molar-refractivity contribution is 8.00. The summed E-state index contributed by atoms with van der Waals surface area (Å²) in [6, 6.07) is 8.83. The Labute approximate surface area is 157 Å². The minimum absolute atomic E-state index is 0.0258. The van der Waals surface area contributed by atoms with Crippen LogP contribution in [-0.4, -0.2) is 37.3 Å². The van der Waals surface area contributed by atoms with Crippen molar-refractivity contribution in [2.24, 2.45) is 0 Å². The Kier molecular flexibility index (Phi) is 7.30. The van der Waals surface area contributed by atoms with E-state index in [0.29, 0.717) is 11.3 Å². The summed E-state index contributed by atoms with van der Waals surface area (Å²) in [6.45, 7) is -0.538. The lowest BCUT2D eigenvalue weighted by atomic mass is 10.2. The predicted molar refractivity (Wildman–Crippen MR) is 94.5 cm³/mol. The number of carbonyl (C=O) groups is 3. The minimum atomic E-state index is -0.750. The number of carbonyl (C=O) groups excluding carboxylic acids is 3. The first-order valence-corrected chi connectivity index (χ1v) is 8.59. The molecular formula is C18H15F2NO5S. The molecule has 0 aliphatic rings. The normalized spacial score (nSPS) is 10.2. The summed E-state index contributed by atoms with van der Waals surface area (Å²) in [6.07, 6.45) is 0. The van der Waals surface area contributed by atoms with Crippen molar-refractivity contribution in [1.29, 1.82) is 0 Å². The van der Waals surface area contributed by atoms with E-state index in [1.54, 1.807) is 0 Å². The molecule has 27 heavy (non-hydrogen) atoms. The standard InChI is InChI=1S/C18H15F2NO5S/c1-25-18(24)11-2-5-13(6-3-11)21-16(22)9-26-17(23)10-27-15-8-12(19)4-7-14(15)20/h2-8H,9-10H2,1H3,(H,21,22). The molecule has 0 atom stereocenters. The van der Waals surface area contributed by atoms with Gasteiger partial charge >= 0.3 is 11.9 Å². The van der Waals surface area contributed by atoms with Gasteiger partial charge in [0.05, 0.1) is 18.4 Å². The van der Waals surface area contributed by atoms with Gasteiger partial charge in [-0.3, -0.25) is 9.59 Å². The molecule has 0 aliphatic carbocycles. The van der Waals surface area contributed by atoms with Gasteiger partial charge in [-0.1, -0.05) is 0 Å². The van der Waals surface area contributed by atoms with Gasteiger partial charge in [0.15, 0.2) is 6.61 Å². The van der Waals surface area contributed by atoms with Gasteiger partial charge in [0, 0.05) is 10.6 Å². The largest absolute Gasteiger partial charge is 0.465 e. The van der Waals surface area contributed by atoms with Crippen molar-refractivity contribution in [2.75, 3.05) is 24.8 Å². The Morgan fingerprint density at radius 3 is 2.44 bits per heavy atom. The van der Waals surface area contributed by atoms with Crippen LogP contribution in [0.2, 0.25) is 0 Å². The number of rotatable bonds is 7. The molecule has 6 nitrogen and oxygen atoms in total. The number of ether oxygens (including phenoxy) is 2. The zero-order valence-corrected chi connectivity index (χ0v) is 15.0. The summed E-state index contributed by atoms with van der Waals surface area (Å²) >= 11 is 0.766. The Hall–Kier alpha value is -2.94. The van der Waals surface area contributed by atoms with Gasteiger partial charge in [0.2, 0.25) is 0 Å². The summed E-state index contributed by atoms with van der Waals surface area (Å²) in [4.78, 5) is 34.7. The molecule has 0 unspecified atom stereocenters. The number of anilines is 1. The molecule has 2 aromatic carbocycles. The highest BCUT2D eigenvalue weighted by Crippen LogP contribution is 2.22. The number of thioether (sulfide) groups is 1. The van der Waals surface area contributed by atoms with Gasteiger partial charge in [-0.2, -0.15) is 0 Å². The maximum absolute atomic E-state index is 13.4. The lowest BCUT2D eigenvalue weighted by molar-refractivity contribution is -0.144. The van der Waals surface area contributed by atoms with Gasteiger partial charge in [0.1, 0.15) is 11.6 Å². The third-order valence-corrected chi connectivity index (χ3v) is 4.20. The summed E-state index contributed by atoms with van der Waals surface area (Å²) in [5.41, 5.74) is 0.725. The molecular weight excluding hydrogens is 380 g/mol. The minimum Gasteiger partial charge on any atom is -0.465 e. The molecule has 0 fully saturated rings. The van der Waals surface area contributed by atoms with E-state index in [4.69, 9.17) is 4.74 Å². The van der Waals surface area contributed by atoms with Crippen LogP contribution in [0, 0.1) is 11.6 Å². The Morgan fingerprint density at radius 2 is 1.78 bits per heavy atom. The maximum Gasteiger partial charge on any atom is 0.337 e. The fraction of sp³-hybridized carbons (Fsp3) is 0.167. The van der Waals surface area contributed by atoms with Crippen LogP contribution in [0.4, 0.5) is 14.5 Å². The molecule has 0 heterocycles. The quantitative estimate of drug-likeness (QED) is 0.573. The van der Waals surface area contributed by atoms with Crippen LogP contribution in [0.1, 0.15) is 10.4 Å². The topological polar surface area (TPSA) is 81.7 Å². The van der Waals surface area contributed by atoms with Crippen LogP contribution in [0.3, 0.4) is 0 Å². The van der Waals surface area contributed by atoms with Crippen molar-refractivity contribution in [3.8, 4) is 0 Å². The molecule has 2 aromatic rings. The molecule has 2 rings (SSSR count). The fourth-order valence-electron chi connectivity index (χ4n) is 1.92. The first-order chi connectivity index (χ1) is 12.9. The second-order valence-electron chi connectivity index (χ2n) is 5.14. The summed E-state index contributed by atoms with van der Waals surface area (Å²) in [7, 11) is 1.26. The number of amides is 1. The van der Waals surface area contributed by atoms with Gasteiger partial charge in [-0.15, -0.1) is 11.8 Å². The van der Waals surface area contributed by atoms with Gasteiger partial charge in [-0.05, 0) is 42.5 Å². The first-order valence-electron chi connectivity index (χ1n) is 7.60. The van der Waals surface area contributed by atoms with Gasteiger partial charge < -0.3 is 14.8 Å². The molecule has 0 radical (unpaired) electrons. The van der Waals surface area contributed by atoms with E-state index in [1.807, 2.05) is 0 Å². The lowest BCUT2D eigenvalue weighted by Crippen LogP contribution is -2.21. The van der Waals surface area contributed by atoms with Crippen molar-refractivity contribution >= 4 is 35.3 Å². The monoisotopic (exact) mass is 395 g/mol. The van der Waals surface area contributed by atoms with Crippen molar-refractivity contribution in [3.05, 3.63) is 59.7 Å². The number of hydrogen-bond donors (Lipinski definition) is 1. The van der Waals surface area contributed by atoms with Crippen molar-refractivity contribution in [1.82, 2.24) is 0 Å². The molecule has 0 aliphatic heterocycles. The van der Waals surface area contributed by atoms with Crippen LogP contribution >= 0.6 is 11.8 Å². The van der Waals surface area contributed by atoms with E-state index >= 15 is 0 Å². The lowest BCUT2D eigenvalue weighted by Gasteiger charge is -2.07. The molecule has 0 spiro atoms. The van der Waals surface area contributed by atoms with Gasteiger partial charge in [-0.25, -0.2) is 13.6 Å². The van der Waals surface area contributed by atoms with E-state index < -0.39 is 36.1 Å². The third kappa shape index (κ3) is 6.37. The molecule has 0 saturated carbocycles. The van der Waals surface area contributed by atoms with Crippen LogP contribution in [0.15, 0.2) is 47.4 Å². The summed E-state index contributed by atoms with van der Waals surface area (Å²) in [5, 5.41) is 2.49. The first kappa shape index (κ1) is 20.4. The Bertz CT molecular complexity index is 842. The van der Waals surface area contributed by atoms with Crippen LogP contribution in [0.25, 0.3) is 0 Å². The molecule has 1 amide bonds. The number of esters is 2. The number of methoxy groups -OCH3 is 1.